The van der Waals surface area contributed by atoms with E-state index in [-0.39, 0.29) is 22.4 Å². The number of aryl methyl sites for hydroxylation is 1. The van der Waals surface area contributed by atoms with Crippen molar-refractivity contribution in [1.29, 1.82) is 0 Å². The second kappa shape index (κ2) is 11.2. The van der Waals surface area contributed by atoms with Gasteiger partial charge in [0.2, 0.25) is 6.54 Å². The molecule has 0 amide bonds. The molecular formula is C24H18Cl2F2N4O3S. The molecule has 0 radical (unpaired) electrons. The zero-order valence-corrected chi connectivity index (χ0v) is 21.0. The van der Waals surface area contributed by atoms with E-state index in [1.165, 1.54) is 24.3 Å². The summed E-state index contributed by atoms with van der Waals surface area (Å²) in [6, 6.07) is 14.7. The van der Waals surface area contributed by atoms with Gasteiger partial charge in [-0.25, -0.2) is 8.78 Å². The fourth-order valence-electron chi connectivity index (χ4n) is 3.47. The number of thioether (sulfide) groups is 1. The van der Waals surface area contributed by atoms with E-state index < -0.39 is 28.4 Å². The van der Waals surface area contributed by atoms with Crippen molar-refractivity contribution in [3.8, 4) is 11.4 Å². The lowest BCUT2D eigenvalue weighted by molar-refractivity contribution is -0.479. The van der Waals surface area contributed by atoms with Gasteiger partial charge < -0.3 is 4.74 Å². The Balaban J connectivity index is 1.62. The lowest BCUT2D eigenvalue weighted by atomic mass is 10.1. The van der Waals surface area contributed by atoms with Crippen LogP contribution in [-0.4, -0.2) is 26.2 Å². The molecule has 0 fully saturated rings. The fourth-order valence-corrected chi connectivity index (χ4v) is 5.23. The number of benzene rings is 3. The summed E-state index contributed by atoms with van der Waals surface area (Å²) in [6.45, 7) is 1.31. The van der Waals surface area contributed by atoms with Crippen molar-refractivity contribution < 1.29 is 18.4 Å². The largest absolute Gasteiger partial charge is 0.486 e. The van der Waals surface area contributed by atoms with Gasteiger partial charge in [-0.15, -0.1) is 10.2 Å². The fraction of sp³-hybridized carbons (Fsp3) is 0.167. The first-order valence-corrected chi connectivity index (χ1v) is 12.2. The smallest absolute Gasteiger partial charge is 0.220 e. The third kappa shape index (κ3) is 6.13. The van der Waals surface area contributed by atoms with E-state index in [2.05, 4.69) is 10.2 Å². The molecule has 0 aliphatic rings. The summed E-state index contributed by atoms with van der Waals surface area (Å²) in [6.07, 6.45) is 0. The van der Waals surface area contributed by atoms with Gasteiger partial charge in [0.25, 0.3) is 0 Å². The summed E-state index contributed by atoms with van der Waals surface area (Å²) in [7, 11) is 0. The zero-order valence-electron chi connectivity index (χ0n) is 18.7. The number of rotatable bonds is 9. The summed E-state index contributed by atoms with van der Waals surface area (Å²) < 4.78 is 34.2. The Morgan fingerprint density at radius 1 is 1.06 bits per heavy atom. The van der Waals surface area contributed by atoms with Crippen LogP contribution in [0.15, 0.2) is 65.8 Å². The average Bonchev–Trinajstić information content (AvgIpc) is 3.18. The van der Waals surface area contributed by atoms with Gasteiger partial charge in [0.15, 0.2) is 10.9 Å². The first-order valence-electron chi connectivity index (χ1n) is 10.5. The summed E-state index contributed by atoms with van der Waals surface area (Å²) in [5.41, 5.74) is 1.68. The molecule has 4 aromatic rings. The van der Waals surface area contributed by atoms with Crippen molar-refractivity contribution in [2.75, 3.05) is 6.54 Å². The second-order valence-electron chi connectivity index (χ2n) is 7.70. The monoisotopic (exact) mass is 550 g/mol. The molecule has 0 bridgehead atoms. The molecule has 1 aromatic heterocycles. The number of ether oxygens (including phenoxy) is 1. The van der Waals surface area contributed by atoms with Gasteiger partial charge in [0.1, 0.15) is 29.3 Å². The van der Waals surface area contributed by atoms with Gasteiger partial charge in [0, 0.05) is 10.6 Å². The maximum Gasteiger partial charge on any atom is 0.220 e. The molecule has 1 heterocycles. The van der Waals surface area contributed by atoms with Gasteiger partial charge >= 0.3 is 0 Å². The molecule has 0 saturated carbocycles. The van der Waals surface area contributed by atoms with Crippen LogP contribution < -0.4 is 4.74 Å². The van der Waals surface area contributed by atoms with Crippen LogP contribution in [0.5, 0.6) is 5.75 Å². The Morgan fingerprint density at radius 2 is 1.75 bits per heavy atom. The van der Waals surface area contributed by atoms with Gasteiger partial charge in [-0.3, -0.25) is 14.7 Å². The number of halogens is 4. The van der Waals surface area contributed by atoms with Crippen molar-refractivity contribution in [2.45, 2.75) is 23.9 Å². The molecule has 0 spiro atoms. The van der Waals surface area contributed by atoms with Crippen molar-refractivity contribution in [3.63, 3.8) is 0 Å². The Hall–Kier alpha value is -3.21. The first-order chi connectivity index (χ1) is 17.2. The topological polar surface area (TPSA) is 83.1 Å². The summed E-state index contributed by atoms with van der Waals surface area (Å²) in [5.74, 6) is -0.0800. The SMILES string of the molecule is Cc1nnc(S[C@@H](C[N+](=O)[O-])c2cc(Cl)c(OCc3cccc(F)c3)c(Cl)c2)n1-c1ccc(F)cc1. The van der Waals surface area contributed by atoms with Gasteiger partial charge in [0.05, 0.1) is 10.0 Å². The first kappa shape index (κ1) is 25.9. The van der Waals surface area contributed by atoms with E-state index in [4.69, 9.17) is 27.9 Å². The zero-order chi connectivity index (χ0) is 25.8. The van der Waals surface area contributed by atoms with Crippen LogP contribution >= 0.6 is 35.0 Å². The molecule has 0 N–H and O–H groups in total. The minimum atomic E-state index is -0.727. The van der Waals surface area contributed by atoms with E-state index in [0.717, 1.165) is 11.8 Å². The second-order valence-corrected chi connectivity index (χ2v) is 9.68. The van der Waals surface area contributed by atoms with E-state index in [9.17, 15) is 18.9 Å². The van der Waals surface area contributed by atoms with Crippen LogP contribution in [-0.2, 0) is 6.61 Å². The minimum absolute atomic E-state index is 0.0314. The molecule has 1 atom stereocenters. The highest BCUT2D eigenvalue weighted by Crippen LogP contribution is 2.42. The summed E-state index contributed by atoms with van der Waals surface area (Å²) in [5, 5.41) is 19.7. The summed E-state index contributed by atoms with van der Waals surface area (Å²) in [4.78, 5) is 11.0. The van der Waals surface area contributed by atoms with Crippen molar-refractivity contribution in [3.05, 3.63) is 109 Å². The highest BCUT2D eigenvalue weighted by Gasteiger charge is 2.26. The standard InChI is InChI=1S/C24H18Cl2F2N4O3S/c1-14-29-30-24(32(14)19-7-5-17(27)6-8-19)36-22(12-31(33)34)16-10-20(25)23(21(26)11-16)35-13-15-3-2-4-18(28)9-15/h2-11,22H,12-13H2,1H3/t22-/m0/s1. The van der Waals surface area contributed by atoms with Gasteiger partial charge in [-0.1, -0.05) is 47.1 Å². The Morgan fingerprint density at radius 3 is 2.39 bits per heavy atom. The van der Waals surface area contributed by atoms with Crippen LogP contribution in [0.2, 0.25) is 10.0 Å². The Bertz CT molecular complexity index is 1380. The highest BCUT2D eigenvalue weighted by atomic mass is 35.5. The van der Waals surface area contributed by atoms with Gasteiger partial charge in [-0.05, 0) is 66.6 Å². The van der Waals surface area contributed by atoms with E-state index in [1.54, 1.807) is 47.9 Å². The van der Waals surface area contributed by atoms with Crippen molar-refractivity contribution >= 4 is 35.0 Å². The quantitative estimate of drug-likeness (QED) is 0.129. The predicted octanol–water partition coefficient (Wildman–Crippen LogP) is 6.85. The lowest BCUT2D eigenvalue weighted by Crippen LogP contribution is -2.11. The maximum absolute atomic E-state index is 13.4. The molecule has 7 nitrogen and oxygen atoms in total. The molecule has 0 saturated heterocycles. The van der Waals surface area contributed by atoms with Crippen LogP contribution in [0.3, 0.4) is 0 Å². The highest BCUT2D eigenvalue weighted by molar-refractivity contribution is 7.99. The van der Waals surface area contributed by atoms with E-state index >= 15 is 0 Å². The van der Waals surface area contributed by atoms with Crippen LogP contribution in [0.25, 0.3) is 5.69 Å². The number of hydrogen-bond acceptors (Lipinski definition) is 6. The number of nitrogens with zero attached hydrogens (tertiary/aromatic N) is 4. The molecule has 3 aromatic carbocycles. The minimum Gasteiger partial charge on any atom is -0.486 e. The molecule has 186 valence electrons. The maximum atomic E-state index is 13.4. The van der Waals surface area contributed by atoms with E-state index in [0.29, 0.717) is 27.8 Å². The number of hydrogen-bond donors (Lipinski definition) is 0. The van der Waals surface area contributed by atoms with Crippen molar-refractivity contribution in [2.24, 2.45) is 0 Å². The number of nitro groups is 1. The molecule has 12 heteroatoms. The van der Waals surface area contributed by atoms with Crippen LogP contribution in [0.4, 0.5) is 8.78 Å². The predicted molar refractivity (Wildman–Crippen MR) is 134 cm³/mol. The lowest BCUT2D eigenvalue weighted by Gasteiger charge is -2.17. The number of aromatic nitrogens is 3. The molecule has 4 rings (SSSR count). The third-order valence-electron chi connectivity index (χ3n) is 5.11. The molecule has 0 aliphatic carbocycles. The van der Waals surface area contributed by atoms with Gasteiger partial charge in [-0.2, -0.15) is 0 Å². The normalized spacial score (nSPS) is 11.9. The van der Waals surface area contributed by atoms with E-state index in [1.807, 2.05) is 0 Å². The Kier molecular flexibility index (Phi) is 8.07. The summed E-state index contributed by atoms with van der Waals surface area (Å²) >= 11 is 14.0. The van der Waals surface area contributed by atoms with Crippen LogP contribution in [0, 0.1) is 28.7 Å². The molecule has 36 heavy (non-hydrogen) atoms. The Labute approximate surface area is 219 Å². The molecular weight excluding hydrogens is 533 g/mol. The molecule has 0 unspecified atom stereocenters. The third-order valence-corrected chi connectivity index (χ3v) is 6.85. The van der Waals surface area contributed by atoms with Crippen LogP contribution in [0.1, 0.15) is 22.2 Å². The average molecular weight is 551 g/mol. The molecule has 0 aliphatic heterocycles. The van der Waals surface area contributed by atoms with Crippen molar-refractivity contribution in [1.82, 2.24) is 14.8 Å².